The number of ether oxygens (including phenoxy) is 1. The number of fused-ring (bicyclic) bond motifs is 1. The molecule has 25 heavy (non-hydrogen) atoms. The summed E-state index contributed by atoms with van der Waals surface area (Å²) in [5.41, 5.74) is 1.08. The van der Waals surface area contributed by atoms with Gasteiger partial charge in [0.2, 0.25) is 0 Å². The third-order valence-electron chi connectivity index (χ3n) is 4.68. The fourth-order valence-corrected chi connectivity index (χ4v) is 4.54. The minimum Gasteiger partial charge on any atom is -0.489 e. The molecule has 0 saturated carbocycles. The molecule has 3 nitrogen and oxygen atoms in total. The van der Waals surface area contributed by atoms with Crippen LogP contribution in [0.3, 0.4) is 0 Å². The van der Waals surface area contributed by atoms with Crippen molar-refractivity contribution in [2.45, 2.75) is 25.3 Å². The smallest absolute Gasteiger partial charge is 0.165 e. The average molecular weight is 356 g/mol. The van der Waals surface area contributed by atoms with Gasteiger partial charge >= 0.3 is 0 Å². The summed E-state index contributed by atoms with van der Waals surface area (Å²) in [6.45, 7) is 2.32. The first-order valence-electron chi connectivity index (χ1n) is 8.78. The number of hydrogen-bond donors (Lipinski definition) is 0. The van der Waals surface area contributed by atoms with Crippen LogP contribution in [0.1, 0.15) is 30.3 Å². The molecule has 0 aliphatic carbocycles. The van der Waals surface area contributed by atoms with Crippen molar-refractivity contribution in [1.82, 2.24) is 9.88 Å². The monoisotopic (exact) mass is 356 g/mol. The highest BCUT2D eigenvalue weighted by atomic mass is 32.1. The fraction of sp³-hybridized carbons (Fsp3) is 0.350. The molecule has 1 aliphatic heterocycles. The van der Waals surface area contributed by atoms with Crippen LogP contribution in [0.4, 0.5) is 4.39 Å². The Balaban J connectivity index is 1.45. The topological polar surface area (TPSA) is 25.4 Å². The van der Waals surface area contributed by atoms with Gasteiger partial charge in [-0.1, -0.05) is 30.7 Å². The van der Waals surface area contributed by atoms with Gasteiger partial charge in [-0.25, -0.2) is 9.37 Å². The molecule has 0 unspecified atom stereocenters. The van der Waals surface area contributed by atoms with E-state index in [2.05, 4.69) is 23.1 Å². The quantitative estimate of drug-likeness (QED) is 0.640. The van der Waals surface area contributed by atoms with Crippen LogP contribution in [-0.2, 0) is 0 Å². The van der Waals surface area contributed by atoms with Crippen LogP contribution < -0.4 is 4.74 Å². The largest absolute Gasteiger partial charge is 0.489 e. The Morgan fingerprint density at radius 3 is 2.84 bits per heavy atom. The lowest BCUT2D eigenvalue weighted by Gasteiger charge is -2.34. The molecule has 0 amide bonds. The van der Waals surface area contributed by atoms with Crippen LogP contribution in [0, 0.1) is 5.82 Å². The number of benzene rings is 2. The molecule has 1 fully saturated rings. The predicted molar refractivity (Wildman–Crippen MR) is 99.7 cm³/mol. The van der Waals surface area contributed by atoms with Gasteiger partial charge in [0.05, 0.1) is 16.3 Å². The van der Waals surface area contributed by atoms with E-state index in [1.807, 2.05) is 6.07 Å². The van der Waals surface area contributed by atoms with Gasteiger partial charge < -0.3 is 4.74 Å². The summed E-state index contributed by atoms with van der Waals surface area (Å²) in [5, 5.41) is 1.19. The number of likely N-dealkylation sites (tertiary alicyclic amines) is 1. The molecule has 1 atom stereocenters. The molecule has 4 rings (SSSR count). The van der Waals surface area contributed by atoms with Gasteiger partial charge in [0.1, 0.15) is 11.6 Å². The van der Waals surface area contributed by atoms with Crippen molar-refractivity contribution < 1.29 is 9.13 Å². The third-order valence-corrected chi connectivity index (χ3v) is 5.82. The number of nitrogens with zero attached hydrogens (tertiary/aromatic N) is 2. The van der Waals surface area contributed by atoms with Crippen LogP contribution in [-0.4, -0.2) is 29.6 Å². The lowest BCUT2D eigenvalue weighted by atomic mass is 10.0. The zero-order valence-corrected chi connectivity index (χ0v) is 14.8. The Hall–Kier alpha value is -1.98. The Kier molecular flexibility index (Phi) is 4.95. The molecule has 1 saturated heterocycles. The standard InChI is InChI=1S/C20H21FN2OS/c21-15-7-1-3-10-18(15)24-14-13-23-12-6-5-9-17(23)20-22-16-8-2-4-11-19(16)25-20/h1-4,7-8,10-11,17H,5-6,9,12-14H2/t17-/m0/s1. The van der Waals surface area contributed by atoms with Gasteiger partial charge in [-0.15, -0.1) is 11.3 Å². The van der Waals surface area contributed by atoms with Crippen molar-refractivity contribution in [3.63, 3.8) is 0 Å². The summed E-state index contributed by atoms with van der Waals surface area (Å²) in [7, 11) is 0. The number of thiazole rings is 1. The Bertz CT molecular complexity index is 817. The molecule has 0 N–H and O–H groups in total. The summed E-state index contributed by atoms with van der Waals surface area (Å²) in [6, 6.07) is 15.2. The first-order valence-corrected chi connectivity index (χ1v) is 9.60. The highest BCUT2D eigenvalue weighted by Gasteiger charge is 2.26. The summed E-state index contributed by atoms with van der Waals surface area (Å²) in [5.74, 6) is 0.0277. The van der Waals surface area contributed by atoms with Crippen LogP contribution in [0.5, 0.6) is 5.75 Å². The second-order valence-corrected chi connectivity index (χ2v) is 7.41. The van der Waals surface area contributed by atoms with E-state index in [1.165, 1.54) is 28.6 Å². The van der Waals surface area contributed by atoms with Gasteiger partial charge in [0, 0.05) is 6.54 Å². The number of hydrogen-bond acceptors (Lipinski definition) is 4. The molecule has 0 radical (unpaired) electrons. The van der Waals surface area contributed by atoms with Gasteiger partial charge in [-0.05, 0) is 43.7 Å². The number of aromatic nitrogens is 1. The Labute approximate surface area is 151 Å². The van der Waals surface area contributed by atoms with Gasteiger partial charge in [-0.3, -0.25) is 4.90 Å². The Morgan fingerprint density at radius 1 is 1.12 bits per heavy atom. The van der Waals surface area contributed by atoms with E-state index in [9.17, 15) is 4.39 Å². The van der Waals surface area contributed by atoms with E-state index in [-0.39, 0.29) is 5.82 Å². The second-order valence-electron chi connectivity index (χ2n) is 6.35. The molecule has 5 heteroatoms. The van der Waals surface area contributed by atoms with Crippen molar-refractivity contribution in [1.29, 1.82) is 0 Å². The van der Waals surface area contributed by atoms with Crippen LogP contribution >= 0.6 is 11.3 Å². The summed E-state index contributed by atoms with van der Waals surface area (Å²) in [4.78, 5) is 7.28. The first-order chi connectivity index (χ1) is 12.3. The normalized spacial score (nSPS) is 18.5. The van der Waals surface area contributed by atoms with E-state index in [0.29, 0.717) is 18.4 Å². The maximum atomic E-state index is 13.7. The van der Waals surface area contributed by atoms with Crippen molar-refractivity contribution in [3.8, 4) is 5.75 Å². The average Bonchev–Trinajstić information content (AvgIpc) is 3.08. The van der Waals surface area contributed by atoms with Gasteiger partial charge in [-0.2, -0.15) is 0 Å². The lowest BCUT2D eigenvalue weighted by Crippen LogP contribution is -2.36. The molecular formula is C20H21FN2OS. The molecule has 1 aliphatic rings. The lowest BCUT2D eigenvalue weighted by molar-refractivity contribution is 0.122. The first kappa shape index (κ1) is 16.5. The van der Waals surface area contributed by atoms with Gasteiger partial charge in [0.25, 0.3) is 0 Å². The molecule has 0 bridgehead atoms. The highest BCUT2D eigenvalue weighted by molar-refractivity contribution is 7.18. The van der Waals surface area contributed by atoms with Gasteiger partial charge in [0.15, 0.2) is 11.6 Å². The van der Waals surface area contributed by atoms with Crippen molar-refractivity contribution >= 4 is 21.6 Å². The summed E-state index contributed by atoms with van der Waals surface area (Å²) < 4.78 is 20.6. The van der Waals surface area contributed by atoms with Crippen LogP contribution in [0.15, 0.2) is 48.5 Å². The number of piperidine rings is 1. The predicted octanol–water partition coefficient (Wildman–Crippen LogP) is 5.04. The van der Waals surface area contributed by atoms with E-state index in [1.54, 1.807) is 29.5 Å². The SMILES string of the molecule is Fc1ccccc1OCCN1CCCC[C@H]1c1nc2ccccc2s1. The zero-order valence-electron chi connectivity index (χ0n) is 14.0. The van der Waals surface area contributed by atoms with Crippen LogP contribution in [0.25, 0.3) is 10.2 Å². The summed E-state index contributed by atoms with van der Waals surface area (Å²) in [6.07, 6.45) is 3.55. The molecule has 2 heterocycles. The maximum absolute atomic E-state index is 13.7. The molecule has 0 spiro atoms. The number of para-hydroxylation sites is 2. The minimum atomic E-state index is -0.302. The molecular weight excluding hydrogens is 335 g/mol. The second kappa shape index (κ2) is 7.50. The van der Waals surface area contributed by atoms with E-state index in [4.69, 9.17) is 9.72 Å². The maximum Gasteiger partial charge on any atom is 0.165 e. The Morgan fingerprint density at radius 2 is 1.96 bits per heavy atom. The third kappa shape index (κ3) is 3.67. The summed E-state index contributed by atoms with van der Waals surface area (Å²) >= 11 is 1.79. The van der Waals surface area contributed by atoms with Crippen molar-refractivity contribution in [2.24, 2.45) is 0 Å². The number of rotatable bonds is 5. The van der Waals surface area contributed by atoms with Crippen molar-refractivity contribution in [2.75, 3.05) is 19.7 Å². The molecule has 1 aromatic heterocycles. The highest BCUT2D eigenvalue weighted by Crippen LogP contribution is 2.35. The molecule has 2 aromatic carbocycles. The van der Waals surface area contributed by atoms with E-state index < -0.39 is 0 Å². The van der Waals surface area contributed by atoms with Crippen molar-refractivity contribution in [3.05, 3.63) is 59.4 Å². The minimum absolute atomic E-state index is 0.302. The molecule has 130 valence electrons. The number of halogens is 1. The van der Waals surface area contributed by atoms with E-state index in [0.717, 1.165) is 25.0 Å². The van der Waals surface area contributed by atoms with E-state index >= 15 is 0 Å². The van der Waals surface area contributed by atoms with Crippen LogP contribution in [0.2, 0.25) is 0 Å². The molecule has 3 aromatic rings. The fourth-order valence-electron chi connectivity index (χ4n) is 3.41. The zero-order chi connectivity index (χ0) is 17.1.